The Balaban J connectivity index is 1.94. The molecule has 1 aromatic carbocycles. The number of benzene rings is 1. The normalized spacial score (nSPS) is 24.7. The molecule has 1 aliphatic carbocycles. The van der Waals surface area contributed by atoms with Crippen LogP contribution in [-0.4, -0.2) is 19.3 Å². The van der Waals surface area contributed by atoms with Crippen molar-refractivity contribution >= 4 is 11.4 Å². The molecule has 1 aliphatic rings. The third kappa shape index (κ3) is 2.21. The zero-order valence-electron chi connectivity index (χ0n) is 8.66. The highest BCUT2D eigenvalue weighted by atomic mass is 19.1. The van der Waals surface area contributed by atoms with Crippen LogP contribution in [0, 0.1) is 5.82 Å². The van der Waals surface area contributed by atoms with E-state index in [9.17, 15) is 4.39 Å². The quantitative estimate of drug-likeness (QED) is 0.750. The molecule has 1 aromatic rings. The van der Waals surface area contributed by atoms with E-state index in [-0.39, 0.29) is 5.82 Å². The van der Waals surface area contributed by atoms with Crippen LogP contribution in [0.4, 0.5) is 15.8 Å². The fourth-order valence-electron chi connectivity index (χ4n) is 1.76. The van der Waals surface area contributed by atoms with Crippen LogP contribution >= 0.6 is 0 Å². The fourth-order valence-corrected chi connectivity index (χ4v) is 1.76. The van der Waals surface area contributed by atoms with Gasteiger partial charge in [-0.2, -0.15) is 0 Å². The molecule has 3 nitrogen and oxygen atoms in total. The van der Waals surface area contributed by atoms with Crippen LogP contribution in [0.3, 0.4) is 0 Å². The maximum Gasteiger partial charge on any atom is 0.125 e. The van der Waals surface area contributed by atoms with Gasteiger partial charge in [0.25, 0.3) is 0 Å². The molecular weight excluding hydrogens is 195 g/mol. The Morgan fingerprint density at radius 1 is 1.47 bits per heavy atom. The number of methoxy groups -OCH3 is 1. The van der Waals surface area contributed by atoms with Gasteiger partial charge in [-0.3, -0.25) is 0 Å². The summed E-state index contributed by atoms with van der Waals surface area (Å²) in [7, 11) is 1.72. The summed E-state index contributed by atoms with van der Waals surface area (Å²) in [6.07, 6.45) is 2.31. The molecule has 3 N–H and O–H groups in total. The van der Waals surface area contributed by atoms with E-state index in [1.165, 1.54) is 12.1 Å². The van der Waals surface area contributed by atoms with Crippen LogP contribution in [0.5, 0.6) is 0 Å². The first kappa shape index (κ1) is 10.2. The standard InChI is InChI=1S/C11H15FN2O/c1-15-9-5-8(6-9)14-11-3-2-7(12)4-10(11)13/h2-4,8-9,14H,5-6,13H2,1H3. The van der Waals surface area contributed by atoms with Gasteiger partial charge in [0.15, 0.2) is 0 Å². The second-order valence-corrected chi connectivity index (χ2v) is 3.90. The lowest BCUT2D eigenvalue weighted by atomic mass is 9.89. The lowest BCUT2D eigenvalue weighted by Crippen LogP contribution is -2.40. The van der Waals surface area contributed by atoms with Crippen molar-refractivity contribution in [2.75, 3.05) is 18.2 Å². The minimum Gasteiger partial charge on any atom is -0.397 e. The first-order valence-corrected chi connectivity index (χ1v) is 5.03. The van der Waals surface area contributed by atoms with Crippen molar-refractivity contribution in [2.45, 2.75) is 25.0 Å². The van der Waals surface area contributed by atoms with E-state index in [4.69, 9.17) is 10.5 Å². The van der Waals surface area contributed by atoms with Gasteiger partial charge in [0.05, 0.1) is 17.5 Å². The van der Waals surface area contributed by atoms with Crippen LogP contribution in [0.25, 0.3) is 0 Å². The summed E-state index contributed by atoms with van der Waals surface area (Å²) < 4.78 is 17.9. The van der Waals surface area contributed by atoms with Crippen LogP contribution in [0.2, 0.25) is 0 Å². The number of halogens is 1. The maximum absolute atomic E-state index is 12.8. The van der Waals surface area contributed by atoms with Gasteiger partial charge in [-0.25, -0.2) is 4.39 Å². The Morgan fingerprint density at radius 2 is 2.20 bits per heavy atom. The Morgan fingerprint density at radius 3 is 2.80 bits per heavy atom. The number of hydrogen-bond donors (Lipinski definition) is 2. The van der Waals surface area contributed by atoms with E-state index in [1.54, 1.807) is 13.2 Å². The Kier molecular flexibility index (Phi) is 2.77. The van der Waals surface area contributed by atoms with Gasteiger partial charge >= 0.3 is 0 Å². The lowest BCUT2D eigenvalue weighted by molar-refractivity contribution is 0.0329. The molecule has 0 unspecified atom stereocenters. The van der Waals surface area contributed by atoms with Gasteiger partial charge in [0.2, 0.25) is 0 Å². The van der Waals surface area contributed by atoms with E-state index in [0.717, 1.165) is 18.5 Å². The van der Waals surface area contributed by atoms with Gasteiger partial charge in [-0.05, 0) is 31.0 Å². The van der Waals surface area contributed by atoms with Gasteiger partial charge in [0, 0.05) is 13.2 Å². The van der Waals surface area contributed by atoms with Crippen molar-refractivity contribution in [1.29, 1.82) is 0 Å². The van der Waals surface area contributed by atoms with E-state index in [2.05, 4.69) is 5.32 Å². The molecule has 0 saturated heterocycles. The maximum atomic E-state index is 12.8. The van der Waals surface area contributed by atoms with Gasteiger partial charge < -0.3 is 15.8 Å². The minimum absolute atomic E-state index is 0.304. The fraction of sp³-hybridized carbons (Fsp3) is 0.455. The monoisotopic (exact) mass is 210 g/mol. The second-order valence-electron chi connectivity index (χ2n) is 3.90. The minimum atomic E-state index is -0.304. The summed E-state index contributed by atoms with van der Waals surface area (Å²) in [6, 6.07) is 4.80. The summed E-state index contributed by atoms with van der Waals surface area (Å²) in [4.78, 5) is 0. The molecule has 0 spiro atoms. The highest BCUT2D eigenvalue weighted by Crippen LogP contribution is 2.28. The van der Waals surface area contributed by atoms with Crippen molar-refractivity contribution in [2.24, 2.45) is 0 Å². The van der Waals surface area contributed by atoms with Crippen molar-refractivity contribution in [1.82, 2.24) is 0 Å². The van der Waals surface area contributed by atoms with Gasteiger partial charge in [-0.1, -0.05) is 0 Å². The predicted molar refractivity (Wildman–Crippen MR) is 58.3 cm³/mol. The molecule has 0 bridgehead atoms. The molecule has 1 fully saturated rings. The third-order valence-electron chi connectivity index (χ3n) is 2.80. The highest BCUT2D eigenvalue weighted by molar-refractivity contribution is 5.66. The molecule has 82 valence electrons. The van der Waals surface area contributed by atoms with Crippen molar-refractivity contribution < 1.29 is 9.13 Å². The number of ether oxygens (including phenoxy) is 1. The highest BCUT2D eigenvalue weighted by Gasteiger charge is 2.28. The molecule has 4 heteroatoms. The summed E-state index contributed by atoms with van der Waals surface area (Å²) >= 11 is 0. The van der Waals surface area contributed by atoms with Gasteiger partial charge in [0.1, 0.15) is 5.82 Å². The van der Waals surface area contributed by atoms with Crippen LogP contribution in [-0.2, 0) is 4.74 Å². The molecule has 15 heavy (non-hydrogen) atoms. The summed E-state index contributed by atoms with van der Waals surface area (Å²) in [5.41, 5.74) is 6.94. The number of nitrogen functional groups attached to an aromatic ring is 1. The number of anilines is 2. The smallest absolute Gasteiger partial charge is 0.125 e. The van der Waals surface area contributed by atoms with Crippen molar-refractivity contribution in [3.63, 3.8) is 0 Å². The third-order valence-corrected chi connectivity index (χ3v) is 2.80. The summed E-state index contributed by atoms with van der Waals surface area (Å²) in [5.74, 6) is -0.304. The topological polar surface area (TPSA) is 47.3 Å². The predicted octanol–water partition coefficient (Wildman–Crippen LogP) is 2.00. The Hall–Kier alpha value is -1.29. The molecule has 0 aromatic heterocycles. The number of rotatable bonds is 3. The zero-order chi connectivity index (χ0) is 10.8. The largest absolute Gasteiger partial charge is 0.397 e. The number of hydrogen-bond acceptors (Lipinski definition) is 3. The zero-order valence-corrected chi connectivity index (χ0v) is 8.66. The molecule has 0 aliphatic heterocycles. The van der Waals surface area contributed by atoms with Crippen molar-refractivity contribution in [3.05, 3.63) is 24.0 Å². The van der Waals surface area contributed by atoms with E-state index >= 15 is 0 Å². The van der Waals surface area contributed by atoms with Crippen molar-refractivity contribution in [3.8, 4) is 0 Å². The first-order chi connectivity index (χ1) is 7.19. The lowest BCUT2D eigenvalue weighted by Gasteiger charge is -2.35. The average molecular weight is 210 g/mol. The van der Waals surface area contributed by atoms with Crippen LogP contribution < -0.4 is 11.1 Å². The molecule has 0 amide bonds. The Labute approximate surface area is 88.4 Å². The Bertz CT molecular complexity index is 350. The average Bonchev–Trinajstić information content (AvgIpc) is 2.13. The number of nitrogens with one attached hydrogen (secondary N) is 1. The SMILES string of the molecule is COC1CC(Nc2ccc(F)cc2N)C1. The molecule has 0 radical (unpaired) electrons. The van der Waals surface area contributed by atoms with E-state index < -0.39 is 0 Å². The summed E-state index contributed by atoms with van der Waals surface area (Å²) in [6.45, 7) is 0. The second kappa shape index (κ2) is 4.06. The van der Waals surface area contributed by atoms with E-state index in [0.29, 0.717) is 17.8 Å². The molecule has 0 heterocycles. The summed E-state index contributed by atoms with van der Waals surface area (Å²) in [5, 5.41) is 3.27. The molecule has 1 saturated carbocycles. The molecule has 0 atom stereocenters. The van der Waals surface area contributed by atoms with Gasteiger partial charge in [-0.15, -0.1) is 0 Å². The number of nitrogens with two attached hydrogens (primary N) is 1. The van der Waals surface area contributed by atoms with Crippen LogP contribution in [0.15, 0.2) is 18.2 Å². The first-order valence-electron chi connectivity index (χ1n) is 5.03. The van der Waals surface area contributed by atoms with Crippen LogP contribution in [0.1, 0.15) is 12.8 Å². The van der Waals surface area contributed by atoms with E-state index in [1.807, 2.05) is 0 Å². The molecule has 2 rings (SSSR count). The molecular formula is C11H15FN2O.